The van der Waals surface area contributed by atoms with Gasteiger partial charge < -0.3 is 9.47 Å². The molecule has 30 heavy (non-hydrogen) atoms. The molecule has 0 bridgehead atoms. The minimum atomic E-state index is -7.43. The maximum atomic E-state index is 14.3. The molecule has 0 spiro atoms. The van der Waals surface area contributed by atoms with Crippen LogP contribution >= 0.6 is 0 Å². The summed E-state index contributed by atoms with van der Waals surface area (Å²) < 4.78 is 156. The molecular weight excluding hydrogens is 453 g/mol. The zero-order valence-corrected chi connectivity index (χ0v) is 15.4. The van der Waals surface area contributed by atoms with Crippen molar-refractivity contribution in [2.75, 3.05) is 13.2 Å². The van der Waals surface area contributed by atoms with E-state index in [1.165, 1.54) is 20.8 Å². The van der Waals surface area contributed by atoms with Gasteiger partial charge in [-0.1, -0.05) is 6.92 Å². The highest BCUT2D eigenvalue weighted by Crippen LogP contribution is 2.69. The molecule has 4 nitrogen and oxygen atoms in total. The van der Waals surface area contributed by atoms with Crippen LogP contribution < -0.4 is 0 Å². The van der Waals surface area contributed by atoms with Crippen molar-refractivity contribution in [2.24, 2.45) is 5.41 Å². The maximum absolute atomic E-state index is 14.3. The molecule has 1 fully saturated rings. The summed E-state index contributed by atoms with van der Waals surface area (Å²) in [4.78, 5) is 23.0. The Bertz CT molecular complexity index is 673. The zero-order valence-electron chi connectivity index (χ0n) is 15.4. The van der Waals surface area contributed by atoms with E-state index in [1.807, 2.05) is 0 Å². The minimum absolute atomic E-state index is 0.204. The topological polar surface area (TPSA) is 52.6 Å². The van der Waals surface area contributed by atoms with Gasteiger partial charge in [0.05, 0.1) is 5.41 Å². The normalized spacial score (nSPS) is 25.3. The molecule has 0 atom stereocenters. The molecule has 0 unspecified atom stereocenters. The number of hydrogen-bond donors (Lipinski definition) is 0. The van der Waals surface area contributed by atoms with Gasteiger partial charge in [-0.05, 0) is 20.3 Å². The molecule has 0 N–H and O–H groups in total. The molecule has 0 radical (unpaired) electrons. The van der Waals surface area contributed by atoms with Gasteiger partial charge in [0.1, 0.15) is 13.2 Å². The van der Waals surface area contributed by atoms with E-state index < -0.39 is 65.8 Å². The Morgan fingerprint density at radius 1 is 0.667 bits per heavy atom. The van der Waals surface area contributed by atoms with Gasteiger partial charge in [-0.3, -0.25) is 4.79 Å². The van der Waals surface area contributed by atoms with Gasteiger partial charge in [-0.2, -0.15) is 43.9 Å². The van der Waals surface area contributed by atoms with Crippen LogP contribution in [0.5, 0.6) is 0 Å². The molecule has 1 rings (SSSR count). The van der Waals surface area contributed by atoms with E-state index >= 15 is 0 Å². The molecular formula is C15H15F11O4. The molecule has 0 saturated heterocycles. The van der Waals surface area contributed by atoms with Crippen molar-refractivity contribution in [1.82, 2.24) is 0 Å². The van der Waals surface area contributed by atoms with Crippen molar-refractivity contribution in [3.63, 3.8) is 0 Å². The van der Waals surface area contributed by atoms with E-state index in [0.717, 1.165) is 0 Å². The van der Waals surface area contributed by atoms with Gasteiger partial charge in [0.15, 0.2) is 0 Å². The Morgan fingerprint density at radius 3 is 1.37 bits per heavy atom. The van der Waals surface area contributed by atoms with Crippen LogP contribution in [0.2, 0.25) is 0 Å². The standard InChI is InChI=1S/C15H15F11O4/c1-4-9(2,3)7(27)29-5-6-30-8(28)10(16)11(17,18)13(21,22)15(25,26)14(23,24)12(10,19)20/h4-6H2,1-3H3. The second-order valence-electron chi connectivity index (χ2n) is 7.04. The summed E-state index contributed by atoms with van der Waals surface area (Å²) in [6.07, 6.45) is 0.204. The second kappa shape index (κ2) is 7.11. The molecule has 0 aliphatic heterocycles. The lowest BCUT2D eigenvalue weighted by molar-refractivity contribution is -0.478. The molecule has 0 aromatic heterocycles. The van der Waals surface area contributed by atoms with E-state index in [0.29, 0.717) is 0 Å². The summed E-state index contributed by atoms with van der Waals surface area (Å²) in [5, 5.41) is 0. The molecule has 1 aliphatic carbocycles. The lowest BCUT2D eigenvalue weighted by Crippen LogP contribution is -2.85. The van der Waals surface area contributed by atoms with Crippen LogP contribution in [0, 0.1) is 5.41 Å². The average Bonchev–Trinajstić information content (AvgIpc) is 2.62. The van der Waals surface area contributed by atoms with Crippen LogP contribution in [0.15, 0.2) is 0 Å². The van der Waals surface area contributed by atoms with Gasteiger partial charge in [0.2, 0.25) is 0 Å². The van der Waals surface area contributed by atoms with E-state index in [9.17, 15) is 57.9 Å². The number of carbonyl (C=O) groups excluding carboxylic acids is 2. The summed E-state index contributed by atoms with van der Waals surface area (Å²) in [5.74, 6) is -41.5. The highest BCUT2D eigenvalue weighted by atomic mass is 19.4. The first-order chi connectivity index (χ1) is 13.1. The Labute approximate surface area is 161 Å². The first-order valence-corrected chi connectivity index (χ1v) is 8.03. The van der Waals surface area contributed by atoms with Gasteiger partial charge in [0, 0.05) is 0 Å². The summed E-state index contributed by atoms with van der Waals surface area (Å²) in [7, 11) is 0. The number of hydrogen-bond acceptors (Lipinski definition) is 4. The average molecular weight is 468 g/mol. The second-order valence-corrected chi connectivity index (χ2v) is 7.04. The number of ether oxygens (including phenoxy) is 2. The Kier molecular flexibility index (Phi) is 6.21. The Hall–Kier alpha value is -1.83. The minimum Gasteiger partial charge on any atom is -0.462 e. The van der Waals surface area contributed by atoms with Crippen molar-refractivity contribution >= 4 is 11.9 Å². The van der Waals surface area contributed by atoms with Gasteiger partial charge in [-0.25, -0.2) is 9.18 Å². The van der Waals surface area contributed by atoms with Crippen LogP contribution in [0.3, 0.4) is 0 Å². The molecule has 1 aliphatic rings. The zero-order chi connectivity index (χ0) is 24.2. The van der Waals surface area contributed by atoms with E-state index in [2.05, 4.69) is 9.47 Å². The van der Waals surface area contributed by atoms with Crippen LogP contribution in [0.4, 0.5) is 48.3 Å². The predicted molar refractivity (Wildman–Crippen MR) is 74.6 cm³/mol. The largest absolute Gasteiger partial charge is 0.462 e. The third-order valence-electron chi connectivity index (χ3n) is 4.71. The van der Waals surface area contributed by atoms with Crippen molar-refractivity contribution in [3.05, 3.63) is 0 Å². The summed E-state index contributed by atoms with van der Waals surface area (Å²) in [5.41, 5.74) is -7.99. The third-order valence-corrected chi connectivity index (χ3v) is 4.71. The van der Waals surface area contributed by atoms with Crippen molar-refractivity contribution in [3.8, 4) is 0 Å². The van der Waals surface area contributed by atoms with Crippen LogP contribution in [-0.2, 0) is 19.1 Å². The highest BCUT2D eigenvalue weighted by Gasteiger charge is 3.03. The fourth-order valence-electron chi connectivity index (χ4n) is 2.19. The summed E-state index contributed by atoms with van der Waals surface area (Å²) in [6, 6.07) is 0. The molecule has 15 heteroatoms. The third kappa shape index (κ3) is 3.01. The fourth-order valence-corrected chi connectivity index (χ4v) is 2.19. The number of carbonyl (C=O) groups is 2. The molecule has 1 saturated carbocycles. The Balaban J connectivity index is 3.19. The van der Waals surface area contributed by atoms with Gasteiger partial charge in [-0.15, -0.1) is 0 Å². The highest BCUT2D eigenvalue weighted by molar-refractivity contribution is 5.84. The SMILES string of the molecule is CCC(C)(C)C(=O)OCCOC(=O)C1(F)C(F)(F)C(F)(F)C(F)(F)C(F)(F)C1(F)F. The van der Waals surface area contributed by atoms with Gasteiger partial charge >= 0.3 is 47.2 Å². The fraction of sp³-hybridized carbons (Fsp3) is 0.867. The first kappa shape index (κ1) is 26.2. The Morgan fingerprint density at radius 2 is 1.00 bits per heavy atom. The summed E-state index contributed by atoms with van der Waals surface area (Å²) in [6.45, 7) is 1.67. The van der Waals surface area contributed by atoms with E-state index in [4.69, 9.17) is 0 Å². The summed E-state index contributed by atoms with van der Waals surface area (Å²) >= 11 is 0. The lowest BCUT2D eigenvalue weighted by atomic mass is 9.72. The van der Waals surface area contributed by atoms with Crippen LogP contribution in [-0.4, -0.2) is 60.4 Å². The molecule has 0 aromatic carbocycles. The smallest absolute Gasteiger partial charge is 0.384 e. The van der Waals surface area contributed by atoms with Gasteiger partial charge in [0.25, 0.3) is 0 Å². The number of alkyl halides is 11. The lowest BCUT2D eigenvalue weighted by Gasteiger charge is -2.50. The number of halogens is 11. The molecule has 176 valence electrons. The van der Waals surface area contributed by atoms with Crippen molar-refractivity contribution in [2.45, 2.75) is 62.5 Å². The van der Waals surface area contributed by atoms with E-state index in [-0.39, 0.29) is 6.42 Å². The van der Waals surface area contributed by atoms with E-state index in [1.54, 1.807) is 0 Å². The quantitative estimate of drug-likeness (QED) is 0.330. The van der Waals surface area contributed by atoms with Crippen LogP contribution in [0.25, 0.3) is 0 Å². The van der Waals surface area contributed by atoms with Crippen molar-refractivity contribution < 1.29 is 67.4 Å². The molecule has 0 amide bonds. The van der Waals surface area contributed by atoms with Crippen molar-refractivity contribution in [1.29, 1.82) is 0 Å². The number of rotatable bonds is 6. The molecule has 0 heterocycles. The number of esters is 2. The first-order valence-electron chi connectivity index (χ1n) is 8.03. The molecule has 0 aromatic rings. The monoisotopic (exact) mass is 468 g/mol. The maximum Gasteiger partial charge on any atom is 0.384 e. The van der Waals surface area contributed by atoms with Crippen LogP contribution in [0.1, 0.15) is 27.2 Å². The predicted octanol–water partition coefficient (Wildman–Crippen LogP) is 4.41.